The van der Waals surface area contributed by atoms with Crippen LogP contribution in [0.3, 0.4) is 0 Å². The lowest BCUT2D eigenvalue weighted by molar-refractivity contribution is 0.568. The molecule has 12 aromatic rings. The van der Waals surface area contributed by atoms with Gasteiger partial charge in [-0.3, -0.25) is 0 Å². The second kappa shape index (κ2) is 19.8. The number of hydrogen-bond acceptors (Lipinski definition) is 1. The second-order valence-corrected chi connectivity index (χ2v) is 30.4. The smallest absolute Gasteiger partial charge is 0.0541 e. The summed E-state index contributed by atoms with van der Waals surface area (Å²) in [5.74, 6) is 0. The summed E-state index contributed by atoms with van der Waals surface area (Å²) in [4.78, 5) is 2.59. The first-order chi connectivity index (χ1) is 39.4. The Morgan fingerprint density at radius 2 is 0.667 bits per heavy atom. The zero-order valence-electron chi connectivity index (χ0n) is 53.4. The minimum absolute atomic E-state index is 0.00557. The highest BCUT2D eigenvalue weighted by molar-refractivity contribution is 6.28. The molecule has 424 valence electrons. The van der Waals surface area contributed by atoms with E-state index < -0.39 is 0 Å². The molecule has 0 saturated carbocycles. The largest absolute Gasteiger partial charge is 0.309 e. The van der Waals surface area contributed by atoms with Crippen LogP contribution in [0.15, 0.2) is 194 Å². The highest BCUT2D eigenvalue weighted by Crippen LogP contribution is 2.51. The van der Waals surface area contributed by atoms with Crippen molar-refractivity contribution in [2.24, 2.45) is 0 Å². The Morgan fingerprint density at radius 3 is 1.15 bits per heavy atom. The molecule has 12 rings (SSSR count). The van der Waals surface area contributed by atoms with E-state index in [4.69, 9.17) is 0 Å². The highest BCUT2D eigenvalue weighted by Gasteiger charge is 2.29. The number of aromatic nitrogens is 1. The van der Waals surface area contributed by atoms with Gasteiger partial charge in [-0.25, -0.2) is 0 Å². The van der Waals surface area contributed by atoms with Gasteiger partial charge in [0.05, 0.1) is 33.8 Å². The van der Waals surface area contributed by atoms with Crippen molar-refractivity contribution < 1.29 is 0 Å². The maximum absolute atomic E-state index is 2.59. The molecule has 0 radical (unpaired) electrons. The molecule has 0 amide bonds. The maximum atomic E-state index is 2.59. The predicted octanol–water partition coefficient (Wildman–Crippen LogP) is 23.9. The van der Waals surface area contributed by atoms with Gasteiger partial charge in [0.2, 0.25) is 0 Å². The highest BCUT2D eigenvalue weighted by atomic mass is 15.1. The third-order valence-electron chi connectivity index (χ3n) is 18.0. The predicted molar refractivity (Wildman–Crippen MR) is 368 cm³/mol. The van der Waals surface area contributed by atoms with Crippen LogP contribution in [0.2, 0.25) is 0 Å². The Hall–Kier alpha value is -7.94. The first kappa shape index (κ1) is 56.5. The fourth-order valence-electron chi connectivity index (χ4n) is 12.8. The Kier molecular flexibility index (Phi) is 13.4. The normalized spacial score (nSPS) is 13.1. The summed E-state index contributed by atoms with van der Waals surface area (Å²) >= 11 is 0. The molecular formula is C82H86N2. The first-order valence-corrected chi connectivity index (χ1v) is 30.7. The fraction of sp³-hybridized carbons (Fsp3) is 0.293. The van der Waals surface area contributed by atoms with Gasteiger partial charge in [0.1, 0.15) is 0 Å². The minimum Gasteiger partial charge on any atom is -0.309 e. The molecule has 2 nitrogen and oxygen atoms in total. The van der Waals surface area contributed by atoms with E-state index in [9.17, 15) is 0 Å². The van der Waals surface area contributed by atoms with Crippen molar-refractivity contribution in [1.29, 1.82) is 0 Å². The summed E-state index contributed by atoms with van der Waals surface area (Å²) < 4.78 is 2.55. The number of anilines is 3. The molecule has 0 bridgehead atoms. The van der Waals surface area contributed by atoms with E-state index in [1.807, 2.05) is 0 Å². The van der Waals surface area contributed by atoms with Crippen LogP contribution in [0, 0.1) is 0 Å². The molecule has 2 heteroatoms. The van der Waals surface area contributed by atoms with Crippen molar-refractivity contribution in [2.75, 3.05) is 4.90 Å². The Morgan fingerprint density at radius 1 is 0.262 bits per heavy atom. The standard InChI is InChI=1S/C82H86N2/c1-77(2,3)57-34-40-73-67(49-57)68-50-58(78(4,5)6)35-41-74(68)84(73)72-39-33-52-30-36-65-71(38-32-51-31-37-66(72)76(52)75(51)65)83(70-29-22-20-27-64(70)56-45-61(81(13,14)15)48-62(46-56)82(16,17)18)69-28-21-19-26-63(69)54-25-23-24-53(42-54)55-43-59(79(7,8)9)47-60(44-55)80(10,11)12/h19-50H,1-18H3. The zero-order chi connectivity index (χ0) is 59.8. The zero-order valence-corrected chi connectivity index (χ0v) is 53.4. The van der Waals surface area contributed by atoms with E-state index in [-0.39, 0.29) is 32.5 Å². The van der Waals surface area contributed by atoms with E-state index in [1.165, 1.54) is 127 Å². The summed E-state index contributed by atoms with van der Waals surface area (Å²) in [6, 6.07) is 75.5. The van der Waals surface area contributed by atoms with Gasteiger partial charge in [0.25, 0.3) is 0 Å². The van der Waals surface area contributed by atoms with Crippen LogP contribution in [0.1, 0.15) is 158 Å². The van der Waals surface area contributed by atoms with E-state index in [2.05, 4.69) is 328 Å². The quantitative estimate of drug-likeness (QED) is 0.144. The van der Waals surface area contributed by atoms with E-state index in [1.54, 1.807) is 0 Å². The molecule has 0 N–H and O–H groups in total. The van der Waals surface area contributed by atoms with Crippen LogP contribution in [0.4, 0.5) is 17.1 Å². The van der Waals surface area contributed by atoms with E-state index in [0.29, 0.717) is 0 Å². The van der Waals surface area contributed by atoms with Gasteiger partial charge in [-0.15, -0.1) is 0 Å². The summed E-state index contributed by atoms with van der Waals surface area (Å²) in [6.07, 6.45) is 0. The second-order valence-electron chi connectivity index (χ2n) is 30.4. The number of nitrogens with zero attached hydrogens (tertiary/aromatic N) is 2. The van der Waals surface area contributed by atoms with Crippen LogP contribution >= 0.6 is 0 Å². The minimum atomic E-state index is -0.0583. The molecule has 1 heterocycles. The van der Waals surface area contributed by atoms with E-state index >= 15 is 0 Å². The summed E-state index contributed by atoms with van der Waals surface area (Å²) in [7, 11) is 0. The Bertz CT molecular complexity index is 4400. The average Bonchev–Trinajstić information content (AvgIpc) is 1.35. The molecular weight excluding hydrogens is 1010 g/mol. The third kappa shape index (κ3) is 10.1. The number of benzene rings is 11. The lowest BCUT2D eigenvalue weighted by Crippen LogP contribution is -2.17. The molecule has 0 fully saturated rings. The Balaban J connectivity index is 1.13. The van der Waals surface area contributed by atoms with Crippen LogP contribution in [0.25, 0.3) is 93.2 Å². The van der Waals surface area contributed by atoms with Gasteiger partial charge in [-0.2, -0.15) is 0 Å². The summed E-state index contributed by atoms with van der Waals surface area (Å²) in [6.45, 7) is 41.9. The van der Waals surface area contributed by atoms with Crippen LogP contribution in [0.5, 0.6) is 0 Å². The first-order valence-electron chi connectivity index (χ1n) is 30.7. The average molecular weight is 1100 g/mol. The van der Waals surface area contributed by atoms with Gasteiger partial charge in [0.15, 0.2) is 0 Å². The summed E-state index contributed by atoms with van der Waals surface area (Å²) in [5.41, 5.74) is 22.2. The Labute approximate surface area is 501 Å². The van der Waals surface area contributed by atoms with Gasteiger partial charge in [-0.05, 0) is 164 Å². The molecule has 0 aliphatic rings. The van der Waals surface area contributed by atoms with Gasteiger partial charge in [-0.1, -0.05) is 264 Å². The SMILES string of the molecule is CC(C)(C)c1cc(-c2cccc(-c3ccccc3N(c3ccccc3-c3cc(C(C)(C)C)cc(C(C)(C)C)c3)c3ccc4ccc5c(-n6c7ccc(C(C)(C)C)cc7c7cc(C(C)(C)C)ccc76)ccc6ccc3c4c65)c2)cc(C(C)(C)C)c1. The van der Waals surface area contributed by atoms with Crippen LogP contribution in [-0.2, 0) is 32.5 Å². The fourth-order valence-corrected chi connectivity index (χ4v) is 12.8. The maximum Gasteiger partial charge on any atom is 0.0541 e. The molecule has 0 unspecified atom stereocenters. The molecule has 0 aliphatic carbocycles. The van der Waals surface area contributed by atoms with Gasteiger partial charge < -0.3 is 9.47 Å². The van der Waals surface area contributed by atoms with Crippen molar-refractivity contribution in [3.8, 4) is 39.1 Å². The lowest BCUT2D eigenvalue weighted by Gasteiger charge is -2.32. The number of para-hydroxylation sites is 2. The third-order valence-corrected chi connectivity index (χ3v) is 18.0. The molecule has 0 spiro atoms. The van der Waals surface area contributed by atoms with Gasteiger partial charge >= 0.3 is 0 Å². The summed E-state index contributed by atoms with van der Waals surface area (Å²) in [5, 5.41) is 10.1. The molecule has 0 saturated heterocycles. The van der Waals surface area contributed by atoms with Crippen molar-refractivity contribution in [1.82, 2.24) is 4.57 Å². The van der Waals surface area contributed by atoms with Crippen molar-refractivity contribution in [2.45, 2.75) is 157 Å². The molecule has 0 atom stereocenters. The van der Waals surface area contributed by atoms with Crippen LogP contribution < -0.4 is 4.90 Å². The number of hydrogen-bond donors (Lipinski definition) is 0. The molecule has 0 aliphatic heterocycles. The monoisotopic (exact) mass is 1100 g/mol. The molecule has 84 heavy (non-hydrogen) atoms. The lowest BCUT2D eigenvalue weighted by atomic mass is 9.78. The van der Waals surface area contributed by atoms with Crippen molar-refractivity contribution >= 4 is 71.2 Å². The number of rotatable bonds is 7. The molecule has 1 aromatic heterocycles. The van der Waals surface area contributed by atoms with Crippen molar-refractivity contribution in [3.05, 3.63) is 228 Å². The van der Waals surface area contributed by atoms with Crippen LogP contribution in [-0.4, -0.2) is 4.57 Å². The van der Waals surface area contributed by atoms with Gasteiger partial charge in [0, 0.05) is 32.7 Å². The molecule has 11 aromatic carbocycles. The topological polar surface area (TPSA) is 8.17 Å². The van der Waals surface area contributed by atoms with E-state index in [0.717, 1.165) is 17.1 Å². The number of fused-ring (bicyclic) bond motifs is 3. The van der Waals surface area contributed by atoms with Crippen molar-refractivity contribution in [3.63, 3.8) is 0 Å².